The predicted molar refractivity (Wildman–Crippen MR) is 156 cm³/mol. The first-order valence-electron chi connectivity index (χ1n) is 13.3. The van der Waals surface area contributed by atoms with Crippen molar-refractivity contribution in [2.75, 3.05) is 24.2 Å². The number of ether oxygens (including phenoxy) is 3. The fraction of sp³-hybridized carbons (Fsp3) is 0.600. The second-order valence-electron chi connectivity index (χ2n) is 12.8. The molecule has 1 aliphatic carbocycles. The van der Waals surface area contributed by atoms with Crippen molar-refractivity contribution in [2.24, 2.45) is 11.3 Å². The zero-order valence-corrected chi connectivity index (χ0v) is 25.5. The van der Waals surface area contributed by atoms with E-state index in [0.717, 1.165) is 36.9 Å². The number of hydrogen-bond donors (Lipinski definition) is 0. The second kappa shape index (κ2) is 9.76. The van der Waals surface area contributed by atoms with Crippen molar-refractivity contribution >= 4 is 41.3 Å². The summed E-state index contributed by atoms with van der Waals surface area (Å²) in [5.41, 5.74) is -0.123. The molecule has 0 aromatic heterocycles. The molecule has 0 amide bonds. The van der Waals surface area contributed by atoms with E-state index in [1.165, 1.54) is 10.4 Å². The van der Waals surface area contributed by atoms with Crippen LogP contribution < -0.4 is 10.4 Å². The molecule has 0 N–H and O–H groups in total. The van der Waals surface area contributed by atoms with Crippen molar-refractivity contribution in [1.29, 1.82) is 0 Å². The third-order valence-electron chi connectivity index (χ3n) is 8.54. The molecule has 3 atom stereocenters. The monoisotopic (exact) mass is 620 g/mol. The summed E-state index contributed by atoms with van der Waals surface area (Å²) in [6.45, 7) is 13.6. The lowest BCUT2D eigenvalue weighted by Crippen LogP contribution is -2.68. The Bertz CT molecular complexity index is 988. The van der Waals surface area contributed by atoms with Crippen LogP contribution in [-0.4, -0.2) is 50.1 Å². The first kappa shape index (κ1) is 26.8. The summed E-state index contributed by atoms with van der Waals surface area (Å²) in [4.78, 5) is 0. The van der Waals surface area contributed by atoms with Gasteiger partial charge < -0.3 is 18.6 Å². The van der Waals surface area contributed by atoms with Crippen LogP contribution in [0.25, 0.3) is 0 Å². The Kier molecular flexibility index (Phi) is 7.27. The molecule has 2 saturated heterocycles. The van der Waals surface area contributed by atoms with Crippen LogP contribution in [0.3, 0.4) is 0 Å². The molecular formula is C30H41IO4Si. The molecule has 6 heteroatoms. The zero-order valence-electron chi connectivity index (χ0n) is 22.4. The topological polar surface area (TPSA) is 36.9 Å². The smallest absolute Gasteiger partial charge is 0.261 e. The van der Waals surface area contributed by atoms with Gasteiger partial charge in [-0.05, 0) is 21.8 Å². The predicted octanol–water partition coefficient (Wildman–Crippen LogP) is 5.71. The molecule has 0 radical (unpaired) electrons. The number of benzene rings is 2. The summed E-state index contributed by atoms with van der Waals surface area (Å²) in [5, 5.41) is 2.56. The highest BCUT2D eigenvalue weighted by Crippen LogP contribution is 2.53. The quantitative estimate of drug-likeness (QED) is 0.244. The van der Waals surface area contributed by atoms with E-state index < -0.39 is 14.1 Å². The molecule has 2 aromatic carbocycles. The standard InChI is InChI=1S/C30H41IO4Si/c1-27(2,3)36(23-12-8-6-9-13-23,24-14-10-7-11-15-24)35-26-19-32-29(20-31)16-17-30(18-25(26)29)33-21-28(4,5)22-34-30/h6-15,25-26H,16-22H2,1-5H3/t25-,26-,29+/m0/s1. The van der Waals surface area contributed by atoms with Crippen molar-refractivity contribution in [1.82, 2.24) is 0 Å². The van der Waals surface area contributed by atoms with E-state index in [0.29, 0.717) is 6.61 Å². The lowest BCUT2D eigenvalue weighted by Gasteiger charge is -2.52. The Hall–Kier alpha value is -0.773. The summed E-state index contributed by atoms with van der Waals surface area (Å²) in [6.07, 6.45) is 2.65. The van der Waals surface area contributed by atoms with Crippen molar-refractivity contribution < 1.29 is 18.6 Å². The van der Waals surface area contributed by atoms with Gasteiger partial charge in [-0.15, -0.1) is 0 Å². The molecule has 5 rings (SSSR count). The number of rotatable bonds is 5. The lowest BCUT2D eigenvalue weighted by molar-refractivity contribution is -0.324. The van der Waals surface area contributed by atoms with E-state index >= 15 is 0 Å². The molecule has 4 nitrogen and oxygen atoms in total. The van der Waals surface area contributed by atoms with Crippen molar-refractivity contribution in [2.45, 2.75) is 76.4 Å². The Morgan fingerprint density at radius 1 is 0.889 bits per heavy atom. The van der Waals surface area contributed by atoms with E-state index in [1.54, 1.807) is 0 Å². The van der Waals surface area contributed by atoms with Crippen LogP contribution >= 0.6 is 22.6 Å². The minimum absolute atomic E-state index is 0.00891. The average Bonchev–Trinajstić information content (AvgIpc) is 3.22. The summed E-state index contributed by atoms with van der Waals surface area (Å²) >= 11 is 2.52. The fourth-order valence-corrected chi connectivity index (χ4v) is 12.3. The second-order valence-corrected chi connectivity index (χ2v) is 17.8. The first-order valence-corrected chi connectivity index (χ1v) is 16.8. The summed E-state index contributed by atoms with van der Waals surface area (Å²) in [6, 6.07) is 21.9. The van der Waals surface area contributed by atoms with Gasteiger partial charge in [0.1, 0.15) is 0 Å². The maximum Gasteiger partial charge on any atom is 0.261 e. The molecule has 1 saturated carbocycles. The van der Waals surface area contributed by atoms with Crippen molar-refractivity contribution in [3.63, 3.8) is 0 Å². The number of fused-ring (bicyclic) bond motifs is 1. The van der Waals surface area contributed by atoms with Gasteiger partial charge in [-0.1, -0.05) is 118 Å². The normalized spacial score (nSPS) is 29.7. The minimum Gasteiger partial charge on any atom is -0.402 e. The highest BCUT2D eigenvalue weighted by atomic mass is 127. The SMILES string of the molecule is CC1(C)COC2(CC[C@]3(CI)OC[C@H](O[Si](c4ccccc4)(c4ccccc4)C(C)(C)C)[C@@H]3C2)OC1. The molecule has 196 valence electrons. The summed E-state index contributed by atoms with van der Waals surface area (Å²) in [5.74, 6) is -0.290. The number of halogens is 1. The van der Waals surface area contributed by atoms with Gasteiger partial charge in [0, 0.05) is 28.6 Å². The van der Waals surface area contributed by atoms with Crippen LogP contribution in [0.2, 0.25) is 5.04 Å². The molecule has 3 aliphatic rings. The number of hydrogen-bond acceptors (Lipinski definition) is 4. The van der Waals surface area contributed by atoms with Crippen molar-refractivity contribution in [3.8, 4) is 0 Å². The highest BCUT2D eigenvalue weighted by molar-refractivity contribution is 14.1. The first-order chi connectivity index (χ1) is 17.0. The largest absolute Gasteiger partial charge is 0.402 e. The van der Waals surface area contributed by atoms with Crippen molar-refractivity contribution in [3.05, 3.63) is 60.7 Å². The molecule has 0 bridgehead atoms. The Morgan fingerprint density at radius 3 is 1.94 bits per heavy atom. The number of alkyl halides is 1. The van der Waals surface area contributed by atoms with E-state index in [4.69, 9.17) is 18.6 Å². The van der Waals surface area contributed by atoms with Gasteiger partial charge >= 0.3 is 0 Å². The molecule has 2 aliphatic heterocycles. The summed E-state index contributed by atoms with van der Waals surface area (Å²) in [7, 11) is -2.68. The van der Waals surface area contributed by atoms with Gasteiger partial charge in [0.15, 0.2) is 5.79 Å². The maximum atomic E-state index is 7.61. The van der Waals surface area contributed by atoms with Crippen LogP contribution in [0, 0.1) is 11.3 Å². The van der Waals surface area contributed by atoms with Crippen LogP contribution in [0.15, 0.2) is 60.7 Å². The van der Waals surface area contributed by atoms with Gasteiger partial charge in [0.05, 0.1) is 31.5 Å². The van der Waals surface area contributed by atoms with E-state index in [1.807, 2.05) is 0 Å². The van der Waals surface area contributed by atoms with Crippen LogP contribution in [0.5, 0.6) is 0 Å². The van der Waals surface area contributed by atoms with Gasteiger partial charge in [-0.25, -0.2) is 0 Å². The Morgan fingerprint density at radius 2 is 1.44 bits per heavy atom. The molecule has 1 spiro atoms. The van der Waals surface area contributed by atoms with Crippen LogP contribution in [0.4, 0.5) is 0 Å². The Balaban J connectivity index is 1.54. The van der Waals surface area contributed by atoms with Gasteiger partial charge in [-0.3, -0.25) is 0 Å². The summed E-state index contributed by atoms with van der Waals surface area (Å²) < 4.78 is 28.3. The third kappa shape index (κ3) is 4.64. The fourth-order valence-electron chi connectivity index (χ4n) is 6.46. The van der Waals surface area contributed by atoms with E-state index in [9.17, 15) is 0 Å². The van der Waals surface area contributed by atoms with E-state index in [-0.39, 0.29) is 28.1 Å². The Labute approximate surface area is 231 Å². The van der Waals surface area contributed by atoms with Crippen LogP contribution in [-0.2, 0) is 18.6 Å². The average molecular weight is 621 g/mol. The van der Waals surface area contributed by atoms with E-state index in [2.05, 4.69) is 118 Å². The maximum absolute atomic E-state index is 7.61. The third-order valence-corrected chi connectivity index (χ3v) is 14.9. The van der Waals surface area contributed by atoms with Crippen LogP contribution in [0.1, 0.15) is 53.9 Å². The molecular weight excluding hydrogens is 579 g/mol. The molecule has 0 unspecified atom stereocenters. The van der Waals surface area contributed by atoms with Gasteiger partial charge in [0.2, 0.25) is 0 Å². The highest BCUT2D eigenvalue weighted by Gasteiger charge is 2.61. The van der Waals surface area contributed by atoms with Gasteiger partial charge in [0.25, 0.3) is 8.32 Å². The molecule has 3 fully saturated rings. The molecule has 2 heterocycles. The minimum atomic E-state index is -2.68. The molecule has 36 heavy (non-hydrogen) atoms. The van der Waals surface area contributed by atoms with Gasteiger partial charge in [-0.2, -0.15) is 0 Å². The lowest BCUT2D eigenvalue weighted by atomic mass is 9.72. The molecule has 2 aromatic rings. The zero-order chi connectivity index (χ0) is 25.7.